The fraction of sp³-hybridized carbons (Fsp3) is 0.579. The van der Waals surface area contributed by atoms with Crippen molar-refractivity contribution in [1.82, 2.24) is 15.2 Å². The Morgan fingerprint density at radius 2 is 2.13 bits per heavy atom. The number of fused-ring (bicyclic) bond motifs is 3. The molecular weight excluding hydrogens is 350 g/mol. The Labute approximate surface area is 147 Å². The molecule has 1 aromatic carbocycles. The van der Waals surface area contributed by atoms with Crippen molar-refractivity contribution in [3.05, 3.63) is 33.9 Å². The first-order chi connectivity index (χ1) is 11.2. The molecule has 2 atom stereocenters. The molecular formula is C19H26BrN3. The van der Waals surface area contributed by atoms with Gasteiger partial charge in [0, 0.05) is 52.7 Å². The van der Waals surface area contributed by atoms with Crippen molar-refractivity contribution in [2.45, 2.75) is 57.7 Å². The molecule has 2 aliphatic heterocycles. The number of piperidine rings is 1. The minimum absolute atomic E-state index is 0.449. The van der Waals surface area contributed by atoms with Gasteiger partial charge in [-0.15, -0.1) is 0 Å². The summed E-state index contributed by atoms with van der Waals surface area (Å²) in [6, 6.07) is 7.92. The summed E-state index contributed by atoms with van der Waals surface area (Å²) < 4.78 is 3.78. The summed E-state index contributed by atoms with van der Waals surface area (Å²) in [6.07, 6.45) is 6.45. The molecule has 2 aromatic rings. The van der Waals surface area contributed by atoms with Crippen LogP contribution in [0.5, 0.6) is 0 Å². The normalized spacial score (nSPS) is 24.8. The van der Waals surface area contributed by atoms with Gasteiger partial charge in [0.05, 0.1) is 0 Å². The average Bonchev–Trinajstić information content (AvgIpc) is 2.88. The van der Waals surface area contributed by atoms with E-state index in [-0.39, 0.29) is 0 Å². The first-order valence-electron chi connectivity index (χ1n) is 9.01. The Morgan fingerprint density at radius 3 is 2.96 bits per heavy atom. The van der Waals surface area contributed by atoms with Crippen molar-refractivity contribution in [3.8, 4) is 0 Å². The maximum Gasteiger partial charge on any atom is 0.0486 e. The van der Waals surface area contributed by atoms with E-state index >= 15 is 0 Å². The van der Waals surface area contributed by atoms with Crippen LogP contribution in [-0.2, 0) is 13.0 Å². The Hall–Kier alpha value is -0.840. The van der Waals surface area contributed by atoms with Crippen LogP contribution in [0.15, 0.2) is 22.7 Å². The highest BCUT2D eigenvalue weighted by molar-refractivity contribution is 9.10. The minimum atomic E-state index is 0.449. The molecule has 23 heavy (non-hydrogen) atoms. The third-order valence-electron chi connectivity index (χ3n) is 5.54. The molecule has 0 aliphatic carbocycles. The molecule has 1 aromatic heterocycles. The number of nitrogens with zero attached hydrogens (tertiary/aromatic N) is 1. The molecule has 0 amide bonds. The van der Waals surface area contributed by atoms with Crippen molar-refractivity contribution in [3.63, 3.8) is 0 Å². The van der Waals surface area contributed by atoms with Gasteiger partial charge in [0.15, 0.2) is 0 Å². The summed E-state index contributed by atoms with van der Waals surface area (Å²) in [7, 11) is 0. The fourth-order valence-corrected chi connectivity index (χ4v) is 4.74. The molecule has 2 aliphatic rings. The molecule has 124 valence electrons. The number of rotatable bonds is 3. The lowest BCUT2D eigenvalue weighted by molar-refractivity contribution is 0.365. The maximum absolute atomic E-state index is 3.69. The fourth-order valence-electron chi connectivity index (χ4n) is 4.38. The highest BCUT2D eigenvalue weighted by Crippen LogP contribution is 2.35. The summed E-state index contributed by atoms with van der Waals surface area (Å²) in [5.74, 6) is 0. The average molecular weight is 376 g/mol. The summed E-state index contributed by atoms with van der Waals surface area (Å²) >= 11 is 3.65. The zero-order valence-corrected chi connectivity index (χ0v) is 15.5. The van der Waals surface area contributed by atoms with Gasteiger partial charge in [-0.05, 0) is 56.5 Å². The van der Waals surface area contributed by atoms with Gasteiger partial charge in [0.1, 0.15) is 0 Å². The lowest BCUT2D eigenvalue weighted by Crippen LogP contribution is -2.35. The van der Waals surface area contributed by atoms with Crippen LogP contribution in [0.3, 0.4) is 0 Å². The van der Waals surface area contributed by atoms with Crippen LogP contribution in [0.1, 0.15) is 49.9 Å². The molecule has 3 nitrogen and oxygen atoms in total. The van der Waals surface area contributed by atoms with E-state index in [1.165, 1.54) is 53.2 Å². The molecule has 4 heteroatoms. The van der Waals surface area contributed by atoms with Gasteiger partial charge in [-0.25, -0.2) is 0 Å². The van der Waals surface area contributed by atoms with E-state index in [4.69, 9.17) is 0 Å². The van der Waals surface area contributed by atoms with Gasteiger partial charge in [-0.1, -0.05) is 22.4 Å². The number of benzene rings is 1. The summed E-state index contributed by atoms with van der Waals surface area (Å²) in [4.78, 5) is 0. The van der Waals surface area contributed by atoms with Crippen LogP contribution in [0.2, 0.25) is 0 Å². The van der Waals surface area contributed by atoms with Crippen molar-refractivity contribution in [1.29, 1.82) is 0 Å². The third kappa shape index (κ3) is 2.97. The number of halogens is 1. The van der Waals surface area contributed by atoms with Crippen LogP contribution >= 0.6 is 15.9 Å². The van der Waals surface area contributed by atoms with E-state index < -0.39 is 0 Å². The maximum atomic E-state index is 3.69. The molecule has 0 spiro atoms. The second kappa shape index (κ2) is 6.58. The predicted octanol–water partition coefficient (Wildman–Crippen LogP) is 4.14. The van der Waals surface area contributed by atoms with Crippen LogP contribution in [0.25, 0.3) is 10.9 Å². The lowest BCUT2D eigenvalue weighted by atomic mass is 9.99. The van der Waals surface area contributed by atoms with E-state index in [2.05, 4.69) is 56.3 Å². The molecule has 2 unspecified atom stereocenters. The van der Waals surface area contributed by atoms with Crippen LogP contribution in [0, 0.1) is 0 Å². The number of aromatic nitrogens is 1. The van der Waals surface area contributed by atoms with Gasteiger partial charge in [0.2, 0.25) is 0 Å². The third-order valence-corrected chi connectivity index (χ3v) is 6.03. The Bertz CT molecular complexity index is 700. The van der Waals surface area contributed by atoms with Gasteiger partial charge in [0.25, 0.3) is 0 Å². The van der Waals surface area contributed by atoms with Crippen LogP contribution in [0.4, 0.5) is 0 Å². The summed E-state index contributed by atoms with van der Waals surface area (Å²) in [5, 5.41) is 8.74. The zero-order valence-electron chi connectivity index (χ0n) is 13.9. The van der Waals surface area contributed by atoms with Gasteiger partial charge in [-0.3, -0.25) is 0 Å². The minimum Gasteiger partial charge on any atom is -0.344 e. The van der Waals surface area contributed by atoms with Crippen molar-refractivity contribution in [2.75, 3.05) is 13.1 Å². The van der Waals surface area contributed by atoms with Crippen molar-refractivity contribution in [2.24, 2.45) is 0 Å². The predicted molar refractivity (Wildman–Crippen MR) is 100 cm³/mol. The van der Waals surface area contributed by atoms with Crippen molar-refractivity contribution >= 4 is 26.8 Å². The number of nitrogens with one attached hydrogen (secondary N) is 2. The monoisotopic (exact) mass is 375 g/mol. The van der Waals surface area contributed by atoms with Crippen LogP contribution < -0.4 is 10.6 Å². The molecule has 0 radical (unpaired) electrons. The molecule has 4 rings (SSSR count). The standard InChI is InChI=1S/C19H26BrN3/c1-13-19-16-12-14(20)5-6-17(16)23(18(19)7-10-21-13)11-8-15-4-2-3-9-22-15/h5-6,12-13,15,21-22H,2-4,7-11H2,1H3. The Kier molecular flexibility index (Phi) is 4.48. The largest absolute Gasteiger partial charge is 0.344 e. The number of aryl methyl sites for hydroxylation is 1. The summed E-state index contributed by atoms with van der Waals surface area (Å²) in [6.45, 7) is 5.72. The second-order valence-corrected chi connectivity index (χ2v) is 7.95. The lowest BCUT2D eigenvalue weighted by Gasteiger charge is -2.26. The highest BCUT2D eigenvalue weighted by Gasteiger charge is 2.25. The number of hydrogen-bond acceptors (Lipinski definition) is 2. The Morgan fingerprint density at radius 1 is 1.22 bits per heavy atom. The first kappa shape index (κ1) is 15.7. The van der Waals surface area contributed by atoms with Gasteiger partial charge in [-0.2, -0.15) is 0 Å². The SMILES string of the molecule is CC1NCCc2c1c1cc(Br)ccc1n2CCC1CCCCN1. The van der Waals surface area contributed by atoms with Gasteiger partial charge >= 0.3 is 0 Å². The van der Waals surface area contributed by atoms with Gasteiger partial charge < -0.3 is 15.2 Å². The summed E-state index contributed by atoms with van der Waals surface area (Å²) in [5.41, 5.74) is 4.48. The van der Waals surface area contributed by atoms with Crippen LogP contribution in [-0.4, -0.2) is 23.7 Å². The second-order valence-electron chi connectivity index (χ2n) is 7.03. The highest BCUT2D eigenvalue weighted by atomic mass is 79.9. The Balaban J connectivity index is 1.70. The molecule has 3 heterocycles. The smallest absolute Gasteiger partial charge is 0.0486 e. The first-order valence-corrected chi connectivity index (χ1v) is 9.80. The van der Waals surface area contributed by atoms with E-state index in [1.54, 1.807) is 5.69 Å². The molecule has 1 fully saturated rings. The topological polar surface area (TPSA) is 29.0 Å². The molecule has 0 saturated carbocycles. The molecule has 2 N–H and O–H groups in total. The zero-order chi connectivity index (χ0) is 15.8. The molecule has 1 saturated heterocycles. The van der Waals surface area contributed by atoms with E-state index in [9.17, 15) is 0 Å². The quantitative estimate of drug-likeness (QED) is 0.843. The van der Waals surface area contributed by atoms with Crippen molar-refractivity contribution < 1.29 is 0 Å². The number of hydrogen-bond donors (Lipinski definition) is 2. The van der Waals surface area contributed by atoms with E-state index in [0.717, 1.165) is 19.5 Å². The molecule has 0 bridgehead atoms. The van der Waals surface area contributed by atoms with E-state index in [1.807, 2.05) is 0 Å². The van der Waals surface area contributed by atoms with E-state index in [0.29, 0.717) is 12.1 Å².